The van der Waals surface area contributed by atoms with E-state index in [4.69, 9.17) is 0 Å². The molecule has 3 aromatic rings. The molecule has 3 rings (SSSR count). The number of pyridine rings is 1. The zero-order chi connectivity index (χ0) is 16.8. The molecule has 5 heteroatoms. The highest BCUT2D eigenvalue weighted by Crippen LogP contribution is 2.26. The number of anilines is 2. The summed E-state index contributed by atoms with van der Waals surface area (Å²) >= 11 is 1.59. The Morgan fingerprint density at radius 2 is 1.58 bits per heavy atom. The molecule has 2 aromatic carbocycles. The Morgan fingerprint density at radius 3 is 2.25 bits per heavy atom. The zero-order valence-corrected chi connectivity index (χ0v) is 14.0. The van der Waals surface area contributed by atoms with Gasteiger partial charge in [-0.2, -0.15) is 0 Å². The van der Waals surface area contributed by atoms with Gasteiger partial charge < -0.3 is 10.6 Å². The summed E-state index contributed by atoms with van der Waals surface area (Å²) in [5.74, 6) is 0. The number of carbonyl (C=O) groups is 1. The zero-order valence-electron chi connectivity index (χ0n) is 13.2. The van der Waals surface area contributed by atoms with Crippen molar-refractivity contribution in [3.05, 3.63) is 78.5 Å². The van der Waals surface area contributed by atoms with E-state index in [0.29, 0.717) is 5.69 Å². The fourth-order valence-electron chi connectivity index (χ4n) is 2.06. The van der Waals surface area contributed by atoms with Crippen molar-refractivity contribution in [3.8, 4) is 0 Å². The third-order valence-electron chi connectivity index (χ3n) is 3.27. The van der Waals surface area contributed by atoms with Gasteiger partial charge in [0.2, 0.25) is 0 Å². The number of benzene rings is 2. The predicted molar refractivity (Wildman–Crippen MR) is 98.6 cm³/mol. The number of nitrogens with zero attached hydrogens (tertiary/aromatic N) is 1. The summed E-state index contributed by atoms with van der Waals surface area (Å²) in [7, 11) is 0. The number of hydrogen-bond acceptors (Lipinski definition) is 3. The lowest BCUT2D eigenvalue weighted by Crippen LogP contribution is -2.19. The normalized spacial score (nSPS) is 10.2. The summed E-state index contributed by atoms with van der Waals surface area (Å²) in [5, 5.41) is 6.42. The van der Waals surface area contributed by atoms with Gasteiger partial charge in [0.1, 0.15) is 5.03 Å². The Kier molecular flexibility index (Phi) is 5.13. The van der Waals surface area contributed by atoms with Crippen molar-refractivity contribution in [3.63, 3.8) is 0 Å². The smallest absolute Gasteiger partial charge is 0.308 e. The van der Waals surface area contributed by atoms with E-state index in [9.17, 15) is 4.79 Å². The minimum Gasteiger partial charge on any atom is -0.308 e. The maximum Gasteiger partial charge on any atom is 0.323 e. The quantitative estimate of drug-likeness (QED) is 0.690. The molecule has 0 bridgehead atoms. The average molecular weight is 335 g/mol. The van der Waals surface area contributed by atoms with E-state index in [1.54, 1.807) is 18.0 Å². The molecular formula is C19H17N3OS. The van der Waals surface area contributed by atoms with Gasteiger partial charge in [-0.05, 0) is 43.3 Å². The van der Waals surface area contributed by atoms with Crippen molar-refractivity contribution in [2.24, 2.45) is 0 Å². The lowest BCUT2D eigenvalue weighted by atomic mass is 10.2. The minimum absolute atomic E-state index is 0.290. The van der Waals surface area contributed by atoms with Gasteiger partial charge in [0.05, 0.1) is 11.9 Å². The molecular weight excluding hydrogens is 318 g/mol. The van der Waals surface area contributed by atoms with Gasteiger partial charge in [-0.1, -0.05) is 47.7 Å². The number of carbonyl (C=O) groups excluding carboxylic acids is 1. The molecule has 0 saturated carbocycles. The summed E-state index contributed by atoms with van der Waals surface area (Å²) in [6, 6.07) is 21.0. The van der Waals surface area contributed by atoms with Crippen molar-refractivity contribution in [1.82, 2.24) is 4.98 Å². The maximum absolute atomic E-state index is 11.9. The van der Waals surface area contributed by atoms with Crippen LogP contribution in [0.25, 0.3) is 0 Å². The first kappa shape index (κ1) is 16.1. The molecule has 4 nitrogen and oxygen atoms in total. The van der Waals surface area contributed by atoms with Crippen molar-refractivity contribution in [2.75, 3.05) is 10.6 Å². The fraction of sp³-hybridized carbons (Fsp3) is 0.0526. The summed E-state index contributed by atoms with van der Waals surface area (Å²) in [4.78, 5) is 17.4. The van der Waals surface area contributed by atoms with Crippen LogP contribution in [0.15, 0.2) is 82.8 Å². The lowest BCUT2D eigenvalue weighted by Gasteiger charge is -2.08. The number of hydrogen-bond donors (Lipinski definition) is 2. The van der Waals surface area contributed by atoms with Gasteiger partial charge in [0, 0.05) is 10.6 Å². The predicted octanol–water partition coefficient (Wildman–Crippen LogP) is 5.19. The Labute approximate surface area is 145 Å². The number of nitrogens with one attached hydrogen (secondary N) is 2. The molecule has 1 heterocycles. The Bertz CT molecular complexity index is 802. The van der Waals surface area contributed by atoms with E-state index >= 15 is 0 Å². The van der Waals surface area contributed by atoms with Gasteiger partial charge in [0.15, 0.2) is 0 Å². The van der Waals surface area contributed by atoms with Crippen molar-refractivity contribution < 1.29 is 4.79 Å². The molecule has 24 heavy (non-hydrogen) atoms. The molecule has 0 fully saturated rings. The highest BCUT2D eigenvalue weighted by Gasteiger charge is 2.04. The van der Waals surface area contributed by atoms with Crippen LogP contribution in [-0.4, -0.2) is 11.0 Å². The van der Waals surface area contributed by atoms with Crippen LogP contribution in [-0.2, 0) is 0 Å². The van der Waals surface area contributed by atoms with Gasteiger partial charge in [-0.25, -0.2) is 9.78 Å². The molecule has 0 atom stereocenters. The number of amides is 2. The SMILES string of the molecule is Cc1ccc(Sc2ccc(NC(=O)Nc3ccccc3)cn2)cc1. The molecule has 2 amide bonds. The molecule has 0 aliphatic rings. The molecule has 2 N–H and O–H groups in total. The van der Waals surface area contributed by atoms with Crippen LogP contribution in [0.2, 0.25) is 0 Å². The second-order valence-electron chi connectivity index (χ2n) is 5.25. The largest absolute Gasteiger partial charge is 0.323 e. The number of rotatable bonds is 4. The molecule has 0 radical (unpaired) electrons. The summed E-state index contributed by atoms with van der Waals surface area (Å²) in [6.07, 6.45) is 1.65. The minimum atomic E-state index is -0.290. The van der Waals surface area contributed by atoms with Gasteiger partial charge >= 0.3 is 6.03 Å². The lowest BCUT2D eigenvalue weighted by molar-refractivity contribution is 0.262. The third-order valence-corrected chi connectivity index (χ3v) is 4.23. The first-order valence-electron chi connectivity index (χ1n) is 7.53. The van der Waals surface area contributed by atoms with Crippen LogP contribution in [0.4, 0.5) is 16.2 Å². The average Bonchev–Trinajstić information content (AvgIpc) is 2.59. The summed E-state index contributed by atoms with van der Waals surface area (Å²) in [5.41, 5.74) is 2.63. The second kappa shape index (κ2) is 7.66. The highest BCUT2D eigenvalue weighted by molar-refractivity contribution is 7.99. The fourth-order valence-corrected chi connectivity index (χ4v) is 2.81. The van der Waals surface area contributed by atoms with Crippen LogP contribution in [0.3, 0.4) is 0 Å². The van der Waals surface area contributed by atoms with Crippen LogP contribution < -0.4 is 10.6 Å². The van der Waals surface area contributed by atoms with Crippen molar-refractivity contribution >= 4 is 29.2 Å². The second-order valence-corrected chi connectivity index (χ2v) is 6.34. The van der Waals surface area contributed by atoms with Crippen LogP contribution in [0, 0.1) is 6.92 Å². The van der Waals surface area contributed by atoms with Crippen LogP contribution in [0.1, 0.15) is 5.56 Å². The number of para-hydroxylation sites is 1. The van der Waals surface area contributed by atoms with Crippen molar-refractivity contribution in [1.29, 1.82) is 0 Å². The Hall–Kier alpha value is -2.79. The number of aryl methyl sites for hydroxylation is 1. The Balaban J connectivity index is 1.58. The van der Waals surface area contributed by atoms with Crippen molar-refractivity contribution in [2.45, 2.75) is 16.8 Å². The van der Waals surface area contributed by atoms with E-state index < -0.39 is 0 Å². The van der Waals surface area contributed by atoms with E-state index in [1.807, 2.05) is 42.5 Å². The molecule has 0 saturated heterocycles. The standard InChI is InChI=1S/C19H17N3OS/c1-14-7-10-17(11-8-14)24-18-12-9-16(13-20-18)22-19(23)21-15-5-3-2-4-6-15/h2-13H,1H3,(H2,21,22,23). The molecule has 0 unspecified atom stereocenters. The van der Waals surface area contributed by atoms with E-state index in [2.05, 4.69) is 46.8 Å². The Morgan fingerprint density at radius 1 is 0.875 bits per heavy atom. The topological polar surface area (TPSA) is 54.0 Å². The van der Waals surface area contributed by atoms with Gasteiger partial charge in [0.25, 0.3) is 0 Å². The van der Waals surface area contributed by atoms with Gasteiger partial charge in [-0.3, -0.25) is 0 Å². The van der Waals surface area contributed by atoms with Crippen LogP contribution in [0.5, 0.6) is 0 Å². The number of urea groups is 1. The summed E-state index contributed by atoms with van der Waals surface area (Å²) in [6.45, 7) is 2.06. The molecule has 0 aliphatic heterocycles. The molecule has 0 aliphatic carbocycles. The van der Waals surface area contributed by atoms with E-state index in [-0.39, 0.29) is 6.03 Å². The maximum atomic E-state index is 11.9. The monoisotopic (exact) mass is 335 g/mol. The van der Waals surface area contributed by atoms with E-state index in [1.165, 1.54) is 5.56 Å². The molecule has 0 spiro atoms. The highest BCUT2D eigenvalue weighted by atomic mass is 32.2. The van der Waals surface area contributed by atoms with Gasteiger partial charge in [-0.15, -0.1) is 0 Å². The van der Waals surface area contributed by atoms with E-state index in [0.717, 1.165) is 15.6 Å². The third kappa shape index (κ3) is 4.60. The van der Waals surface area contributed by atoms with Crippen LogP contribution >= 0.6 is 11.8 Å². The first-order valence-corrected chi connectivity index (χ1v) is 8.34. The first-order chi connectivity index (χ1) is 11.7. The molecule has 1 aromatic heterocycles. The summed E-state index contributed by atoms with van der Waals surface area (Å²) < 4.78 is 0. The molecule has 120 valence electrons. The number of aromatic nitrogens is 1.